The molecule has 7 nitrogen and oxygen atoms in total. The topological polar surface area (TPSA) is 78.0 Å². The molecule has 1 saturated heterocycles. The van der Waals surface area contributed by atoms with Crippen LogP contribution < -0.4 is 0 Å². The van der Waals surface area contributed by atoms with Gasteiger partial charge in [-0.1, -0.05) is 45.0 Å². The zero-order chi connectivity index (χ0) is 26.0. The van der Waals surface area contributed by atoms with Crippen molar-refractivity contribution in [3.63, 3.8) is 0 Å². The maximum Gasteiger partial charge on any atom is 0.238 e. The summed E-state index contributed by atoms with van der Waals surface area (Å²) in [6.45, 7) is 9.73. The first kappa shape index (κ1) is 29.6. The molecule has 1 aliphatic rings. The van der Waals surface area contributed by atoms with Crippen molar-refractivity contribution in [2.75, 3.05) is 37.8 Å². The molecule has 1 aromatic carbocycles. The molecule has 0 aliphatic carbocycles. The van der Waals surface area contributed by atoms with Gasteiger partial charge in [-0.3, -0.25) is 9.59 Å². The van der Waals surface area contributed by atoms with E-state index < -0.39 is 10.0 Å². The molecule has 0 atom stereocenters. The molecule has 0 unspecified atom stereocenters. The van der Waals surface area contributed by atoms with E-state index in [1.54, 1.807) is 0 Å². The first-order valence-corrected chi connectivity index (χ1v) is 14.9. The number of carbonyl (C=O) groups is 2. The summed E-state index contributed by atoms with van der Waals surface area (Å²) in [5.74, 6) is 0.539. The van der Waals surface area contributed by atoms with Gasteiger partial charge >= 0.3 is 0 Å². The highest BCUT2D eigenvalue weighted by Gasteiger charge is 2.32. The van der Waals surface area contributed by atoms with E-state index in [0.717, 1.165) is 11.1 Å². The van der Waals surface area contributed by atoms with Gasteiger partial charge in [-0.15, -0.1) is 11.6 Å². The highest BCUT2D eigenvalue weighted by Crippen LogP contribution is 2.22. The van der Waals surface area contributed by atoms with Crippen LogP contribution in [0.5, 0.6) is 0 Å². The lowest BCUT2D eigenvalue weighted by Gasteiger charge is -2.39. The van der Waals surface area contributed by atoms with Crippen LogP contribution in [0.1, 0.15) is 64.0 Å². The first-order valence-electron chi connectivity index (χ1n) is 12.7. The van der Waals surface area contributed by atoms with Crippen LogP contribution in [0.3, 0.4) is 0 Å². The van der Waals surface area contributed by atoms with Gasteiger partial charge in [0, 0.05) is 44.5 Å². The standard InChI is InChI=1S/C26H42ClN3O4S/c1-5-18-35(33,34)29(17-11-21(2)3)20-26(32)30(19-23-9-7-6-8-22(23)4)24-12-15-28(16-13-24)25(31)10-14-27/h6-9,21,24H,5,10-20H2,1-4H3. The summed E-state index contributed by atoms with van der Waals surface area (Å²) in [5, 5.41) is 0. The minimum Gasteiger partial charge on any atom is -0.343 e. The fourth-order valence-electron chi connectivity index (χ4n) is 4.41. The van der Waals surface area contributed by atoms with Gasteiger partial charge in [0.15, 0.2) is 0 Å². The van der Waals surface area contributed by atoms with Crippen LogP contribution in [0.15, 0.2) is 24.3 Å². The molecule has 0 saturated carbocycles. The molecule has 1 heterocycles. The van der Waals surface area contributed by atoms with E-state index in [4.69, 9.17) is 11.6 Å². The lowest BCUT2D eigenvalue weighted by atomic mass is 10.0. The average molecular weight is 528 g/mol. The van der Waals surface area contributed by atoms with Crippen molar-refractivity contribution in [2.24, 2.45) is 5.92 Å². The summed E-state index contributed by atoms with van der Waals surface area (Å²) in [6.07, 6.45) is 2.86. The summed E-state index contributed by atoms with van der Waals surface area (Å²) < 4.78 is 27.3. The van der Waals surface area contributed by atoms with Crippen LogP contribution in [0.4, 0.5) is 0 Å². The molecule has 198 valence electrons. The molecule has 0 aromatic heterocycles. The van der Waals surface area contributed by atoms with Gasteiger partial charge in [0.2, 0.25) is 21.8 Å². The third-order valence-electron chi connectivity index (χ3n) is 6.61. The van der Waals surface area contributed by atoms with E-state index in [9.17, 15) is 18.0 Å². The SMILES string of the molecule is CCCS(=O)(=O)N(CCC(C)C)CC(=O)N(Cc1ccccc1C)C1CCN(C(=O)CCCl)CC1. The van der Waals surface area contributed by atoms with Crippen molar-refractivity contribution in [3.05, 3.63) is 35.4 Å². The van der Waals surface area contributed by atoms with Crippen molar-refractivity contribution in [1.29, 1.82) is 0 Å². The predicted molar refractivity (Wildman–Crippen MR) is 142 cm³/mol. The van der Waals surface area contributed by atoms with E-state index in [-0.39, 0.29) is 30.2 Å². The lowest BCUT2D eigenvalue weighted by Crippen LogP contribution is -2.51. The molecule has 2 rings (SSSR count). The Hall–Kier alpha value is -1.64. The van der Waals surface area contributed by atoms with Gasteiger partial charge in [0.05, 0.1) is 12.3 Å². The van der Waals surface area contributed by atoms with Crippen LogP contribution >= 0.6 is 11.6 Å². The minimum atomic E-state index is -3.51. The van der Waals surface area contributed by atoms with E-state index in [2.05, 4.69) is 13.8 Å². The largest absolute Gasteiger partial charge is 0.343 e. The fourth-order valence-corrected chi connectivity index (χ4v) is 6.03. The van der Waals surface area contributed by atoms with Gasteiger partial charge < -0.3 is 9.80 Å². The number of piperidine rings is 1. The molecular formula is C26H42ClN3O4S. The molecule has 2 amide bonds. The first-order chi connectivity index (χ1) is 16.6. The van der Waals surface area contributed by atoms with Crippen LogP contribution in [0, 0.1) is 12.8 Å². The highest BCUT2D eigenvalue weighted by atomic mass is 35.5. The number of rotatable bonds is 13. The third kappa shape index (κ3) is 9.07. The number of hydrogen-bond donors (Lipinski definition) is 0. The van der Waals surface area contributed by atoms with Gasteiger partial charge in [-0.25, -0.2) is 8.42 Å². The number of halogens is 1. The predicted octanol–water partition coefficient (Wildman–Crippen LogP) is 4.03. The molecule has 35 heavy (non-hydrogen) atoms. The normalized spacial score (nSPS) is 15.1. The quantitative estimate of drug-likeness (QED) is 0.363. The Morgan fingerprint density at radius 1 is 1.17 bits per heavy atom. The number of carbonyl (C=O) groups excluding carboxylic acids is 2. The number of alkyl halides is 1. The monoisotopic (exact) mass is 527 g/mol. The van der Waals surface area contributed by atoms with Crippen LogP contribution in [-0.4, -0.2) is 78.2 Å². The second-order valence-electron chi connectivity index (χ2n) is 9.83. The zero-order valence-electron chi connectivity index (χ0n) is 21.7. The summed E-state index contributed by atoms with van der Waals surface area (Å²) in [6, 6.07) is 7.91. The van der Waals surface area contributed by atoms with Crippen molar-refractivity contribution in [1.82, 2.24) is 14.1 Å². The minimum absolute atomic E-state index is 0.0389. The van der Waals surface area contributed by atoms with Crippen LogP contribution in [0.2, 0.25) is 0 Å². The average Bonchev–Trinajstić information content (AvgIpc) is 2.81. The molecule has 0 radical (unpaired) electrons. The summed E-state index contributed by atoms with van der Waals surface area (Å²) in [7, 11) is -3.51. The Morgan fingerprint density at radius 3 is 2.40 bits per heavy atom. The van der Waals surface area contributed by atoms with Crippen molar-refractivity contribution >= 4 is 33.4 Å². The number of amides is 2. The lowest BCUT2D eigenvalue weighted by molar-refractivity contribution is -0.137. The summed E-state index contributed by atoms with van der Waals surface area (Å²) in [5.41, 5.74) is 2.14. The van der Waals surface area contributed by atoms with E-state index in [1.807, 2.05) is 47.9 Å². The molecule has 1 aromatic rings. The summed E-state index contributed by atoms with van der Waals surface area (Å²) in [4.78, 5) is 29.6. The molecule has 1 aliphatic heterocycles. The second-order valence-corrected chi connectivity index (χ2v) is 12.3. The van der Waals surface area contributed by atoms with E-state index in [1.165, 1.54) is 4.31 Å². The number of hydrogen-bond acceptors (Lipinski definition) is 4. The number of likely N-dealkylation sites (tertiary alicyclic amines) is 1. The maximum atomic E-state index is 13.7. The Morgan fingerprint density at radius 2 is 1.83 bits per heavy atom. The number of aryl methyl sites for hydroxylation is 1. The zero-order valence-corrected chi connectivity index (χ0v) is 23.3. The number of nitrogens with zero attached hydrogens (tertiary/aromatic N) is 3. The maximum absolute atomic E-state index is 13.7. The van der Waals surface area contributed by atoms with Gasteiger partial charge in [-0.2, -0.15) is 4.31 Å². The molecule has 0 spiro atoms. The van der Waals surface area contributed by atoms with Crippen molar-refractivity contribution in [2.45, 2.75) is 72.4 Å². The van der Waals surface area contributed by atoms with Gasteiger partial charge in [-0.05, 0) is 49.7 Å². The van der Waals surface area contributed by atoms with Crippen molar-refractivity contribution in [3.8, 4) is 0 Å². The molecule has 0 N–H and O–H groups in total. The van der Waals surface area contributed by atoms with E-state index >= 15 is 0 Å². The van der Waals surface area contributed by atoms with Crippen molar-refractivity contribution < 1.29 is 18.0 Å². The Kier molecular flexibility index (Phi) is 12.0. The molecule has 9 heteroatoms. The highest BCUT2D eigenvalue weighted by molar-refractivity contribution is 7.89. The molecular weight excluding hydrogens is 486 g/mol. The van der Waals surface area contributed by atoms with Gasteiger partial charge in [0.1, 0.15) is 0 Å². The van der Waals surface area contributed by atoms with Crippen LogP contribution in [-0.2, 0) is 26.2 Å². The molecule has 0 bridgehead atoms. The summed E-state index contributed by atoms with van der Waals surface area (Å²) >= 11 is 5.74. The van der Waals surface area contributed by atoms with Gasteiger partial charge in [0.25, 0.3) is 0 Å². The smallest absolute Gasteiger partial charge is 0.238 e. The second kappa shape index (κ2) is 14.2. The number of sulfonamides is 1. The Bertz CT molecular complexity index is 930. The van der Waals surface area contributed by atoms with Crippen LogP contribution in [0.25, 0.3) is 0 Å². The third-order valence-corrected chi connectivity index (χ3v) is 8.82. The Balaban J connectivity index is 2.25. The molecule has 1 fully saturated rings. The fraction of sp³-hybridized carbons (Fsp3) is 0.692. The number of benzene rings is 1. The van der Waals surface area contributed by atoms with E-state index in [0.29, 0.717) is 70.1 Å². The Labute approximate surface area is 216 Å².